The highest BCUT2D eigenvalue weighted by molar-refractivity contribution is 5.89. The molecule has 1 saturated heterocycles. The molecule has 2 aliphatic rings. The Morgan fingerprint density at radius 1 is 0.950 bits per heavy atom. The summed E-state index contributed by atoms with van der Waals surface area (Å²) in [7, 11) is 0. The van der Waals surface area contributed by atoms with Crippen LogP contribution in [0, 0.1) is 0 Å². The van der Waals surface area contributed by atoms with Gasteiger partial charge in [-0.1, -0.05) is 12.1 Å². The van der Waals surface area contributed by atoms with Crippen molar-refractivity contribution in [1.29, 1.82) is 0 Å². The van der Waals surface area contributed by atoms with Gasteiger partial charge in [-0.15, -0.1) is 0 Å². The molecule has 2 heterocycles. The number of anilines is 1. The zero-order valence-corrected chi connectivity index (χ0v) is 11.6. The molecule has 2 fully saturated rings. The van der Waals surface area contributed by atoms with Crippen molar-refractivity contribution in [1.82, 2.24) is 15.3 Å². The maximum Gasteiger partial charge on any atom is 0.139 e. The maximum absolute atomic E-state index is 4.52. The van der Waals surface area contributed by atoms with Crippen molar-refractivity contribution in [3.63, 3.8) is 0 Å². The highest BCUT2D eigenvalue weighted by Gasteiger charge is 2.27. The average molecular weight is 268 g/mol. The van der Waals surface area contributed by atoms with E-state index in [0.717, 1.165) is 30.5 Å². The smallest absolute Gasteiger partial charge is 0.139 e. The lowest BCUT2D eigenvalue weighted by molar-refractivity contribution is 0.412. The minimum absolute atomic E-state index is 0.701. The van der Waals surface area contributed by atoms with Gasteiger partial charge >= 0.3 is 0 Å². The van der Waals surface area contributed by atoms with Gasteiger partial charge in [-0.2, -0.15) is 0 Å². The van der Waals surface area contributed by atoms with E-state index in [1.165, 1.54) is 31.1 Å². The first-order valence-corrected chi connectivity index (χ1v) is 7.61. The number of aromatic nitrogens is 2. The fourth-order valence-electron chi connectivity index (χ4n) is 3.08. The summed E-state index contributed by atoms with van der Waals surface area (Å²) >= 11 is 0. The van der Waals surface area contributed by atoms with Gasteiger partial charge in [-0.25, -0.2) is 9.97 Å². The zero-order valence-electron chi connectivity index (χ0n) is 11.6. The summed E-state index contributed by atoms with van der Waals surface area (Å²) in [6, 6.07) is 9.79. The molecule has 104 valence electrons. The summed E-state index contributed by atoms with van der Waals surface area (Å²) < 4.78 is 0. The van der Waals surface area contributed by atoms with Crippen molar-refractivity contribution >= 4 is 16.7 Å². The second kappa shape index (κ2) is 5.02. The van der Waals surface area contributed by atoms with Crippen molar-refractivity contribution in [3.8, 4) is 0 Å². The number of nitrogens with zero attached hydrogens (tertiary/aromatic N) is 3. The van der Waals surface area contributed by atoms with Gasteiger partial charge in [0.2, 0.25) is 0 Å². The summed E-state index contributed by atoms with van der Waals surface area (Å²) in [6.07, 6.45) is 6.86. The molecule has 4 heteroatoms. The molecule has 0 atom stereocenters. The minimum Gasteiger partial charge on any atom is -0.356 e. The van der Waals surface area contributed by atoms with Crippen molar-refractivity contribution in [2.24, 2.45) is 0 Å². The summed E-state index contributed by atoms with van der Waals surface area (Å²) in [5.74, 6) is 1.10. The van der Waals surface area contributed by atoms with Crippen molar-refractivity contribution in [2.45, 2.75) is 37.8 Å². The molecular formula is C16H20N4. The molecule has 1 aliphatic carbocycles. The quantitative estimate of drug-likeness (QED) is 0.927. The second-order valence-electron chi connectivity index (χ2n) is 5.92. The number of fused-ring (bicyclic) bond motifs is 1. The molecule has 4 nitrogen and oxygen atoms in total. The molecule has 1 aromatic carbocycles. The number of nitrogens with one attached hydrogen (secondary N) is 1. The number of piperidine rings is 1. The summed E-state index contributed by atoms with van der Waals surface area (Å²) in [6.45, 7) is 2.18. The maximum atomic E-state index is 4.52. The van der Waals surface area contributed by atoms with E-state index in [1.54, 1.807) is 6.33 Å². The largest absolute Gasteiger partial charge is 0.356 e. The van der Waals surface area contributed by atoms with Crippen LogP contribution >= 0.6 is 0 Å². The lowest BCUT2D eigenvalue weighted by Crippen LogP contribution is -2.43. The predicted molar refractivity (Wildman–Crippen MR) is 80.9 cm³/mol. The molecular weight excluding hydrogens is 248 g/mol. The van der Waals surface area contributed by atoms with E-state index >= 15 is 0 Å². The van der Waals surface area contributed by atoms with Crippen LogP contribution in [0.25, 0.3) is 10.9 Å². The zero-order chi connectivity index (χ0) is 13.4. The number of para-hydroxylation sites is 1. The van der Waals surface area contributed by atoms with Gasteiger partial charge in [-0.3, -0.25) is 0 Å². The molecule has 0 unspecified atom stereocenters. The Bertz CT molecular complexity index is 595. The molecule has 1 saturated carbocycles. The van der Waals surface area contributed by atoms with Crippen LogP contribution in [0.3, 0.4) is 0 Å². The Morgan fingerprint density at radius 3 is 2.50 bits per heavy atom. The van der Waals surface area contributed by atoms with Crippen molar-refractivity contribution < 1.29 is 0 Å². The lowest BCUT2D eigenvalue weighted by atomic mass is 10.0. The third-order valence-corrected chi connectivity index (χ3v) is 4.37. The molecule has 0 spiro atoms. The molecule has 0 amide bonds. The lowest BCUT2D eigenvalue weighted by Gasteiger charge is -2.33. The molecule has 0 radical (unpaired) electrons. The van der Waals surface area contributed by atoms with E-state index in [0.29, 0.717) is 6.04 Å². The molecule has 1 N–H and O–H groups in total. The van der Waals surface area contributed by atoms with Gasteiger partial charge in [0.05, 0.1) is 5.52 Å². The molecule has 1 aromatic heterocycles. The van der Waals surface area contributed by atoms with Crippen LogP contribution in [-0.2, 0) is 0 Å². The third kappa shape index (κ3) is 2.36. The average Bonchev–Trinajstić information content (AvgIpc) is 3.32. The van der Waals surface area contributed by atoms with Gasteiger partial charge in [-0.05, 0) is 37.8 Å². The summed E-state index contributed by atoms with van der Waals surface area (Å²) in [4.78, 5) is 11.3. The first-order chi connectivity index (χ1) is 9.90. The van der Waals surface area contributed by atoms with E-state index in [1.807, 2.05) is 6.07 Å². The first kappa shape index (κ1) is 12.1. The van der Waals surface area contributed by atoms with Gasteiger partial charge in [0, 0.05) is 30.6 Å². The SMILES string of the molecule is c1ccc2c(N3CCC(NC4CC4)CC3)ncnc2c1. The van der Waals surface area contributed by atoms with E-state index in [-0.39, 0.29) is 0 Å². The fourth-order valence-corrected chi connectivity index (χ4v) is 3.08. The van der Waals surface area contributed by atoms with Gasteiger partial charge in [0.25, 0.3) is 0 Å². The van der Waals surface area contributed by atoms with E-state index in [4.69, 9.17) is 0 Å². The predicted octanol–water partition coefficient (Wildman–Crippen LogP) is 2.35. The monoisotopic (exact) mass is 268 g/mol. The topological polar surface area (TPSA) is 41.0 Å². The number of hydrogen-bond acceptors (Lipinski definition) is 4. The summed E-state index contributed by atoms with van der Waals surface area (Å²) in [5.41, 5.74) is 1.04. The van der Waals surface area contributed by atoms with Crippen LogP contribution in [0.4, 0.5) is 5.82 Å². The van der Waals surface area contributed by atoms with Crippen LogP contribution in [0.15, 0.2) is 30.6 Å². The van der Waals surface area contributed by atoms with Crippen molar-refractivity contribution in [3.05, 3.63) is 30.6 Å². The van der Waals surface area contributed by atoms with E-state index in [2.05, 4.69) is 38.4 Å². The molecule has 0 bridgehead atoms. The van der Waals surface area contributed by atoms with E-state index in [9.17, 15) is 0 Å². The molecule has 4 rings (SSSR count). The van der Waals surface area contributed by atoms with Crippen LogP contribution < -0.4 is 10.2 Å². The van der Waals surface area contributed by atoms with Gasteiger partial charge in [0.1, 0.15) is 12.1 Å². The Labute approximate surface area is 119 Å². The highest BCUT2D eigenvalue weighted by atomic mass is 15.2. The van der Waals surface area contributed by atoms with Crippen molar-refractivity contribution in [2.75, 3.05) is 18.0 Å². The standard InChI is InChI=1S/C16H20N4/c1-2-4-15-14(3-1)16(18-11-17-15)20-9-7-13(8-10-20)19-12-5-6-12/h1-4,11-13,19H,5-10H2. The Balaban J connectivity index is 1.52. The number of hydrogen-bond donors (Lipinski definition) is 1. The fraction of sp³-hybridized carbons (Fsp3) is 0.500. The molecule has 1 aliphatic heterocycles. The Hall–Kier alpha value is -1.68. The summed E-state index contributed by atoms with van der Waals surface area (Å²) in [5, 5.41) is 4.91. The Kier molecular flexibility index (Phi) is 3.03. The van der Waals surface area contributed by atoms with Crippen LogP contribution in [0.5, 0.6) is 0 Å². The highest BCUT2D eigenvalue weighted by Crippen LogP contribution is 2.27. The minimum atomic E-state index is 0.701. The number of benzene rings is 1. The molecule has 2 aromatic rings. The van der Waals surface area contributed by atoms with Gasteiger partial charge in [0.15, 0.2) is 0 Å². The third-order valence-electron chi connectivity index (χ3n) is 4.37. The number of rotatable bonds is 3. The van der Waals surface area contributed by atoms with E-state index < -0.39 is 0 Å². The van der Waals surface area contributed by atoms with Crippen LogP contribution in [0.1, 0.15) is 25.7 Å². The van der Waals surface area contributed by atoms with Crippen LogP contribution in [0.2, 0.25) is 0 Å². The first-order valence-electron chi connectivity index (χ1n) is 7.61. The van der Waals surface area contributed by atoms with Gasteiger partial charge < -0.3 is 10.2 Å². The van der Waals surface area contributed by atoms with Crippen LogP contribution in [-0.4, -0.2) is 35.1 Å². The second-order valence-corrected chi connectivity index (χ2v) is 5.92. The molecule has 20 heavy (non-hydrogen) atoms. The Morgan fingerprint density at radius 2 is 1.70 bits per heavy atom. The normalized spacial score (nSPS) is 20.5.